The van der Waals surface area contributed by atoms with Gasteiger partial charge in [0.25, 0.3) is 0 Å². The lowest BCUT2D eigenvalue weighted by Gasteiger charge is -2.29. The van der Waals surface area contributed by atoms with Crippen molar-refractivity contribution in [1.29, 1.82) is 0 Å². The number of amides is 1. The Morgan fingerprint density at radius 3 is 3.00 bits per heavy atom. The van der Waals surface area contributed by atoms with Gasteiger partial charge in [-0.1, -0.05) is 5.21 Å². The molecule has 4 rings (SSSR count). The first kappa shape index (κ1) is 14.1. The molecule has 0 aromatic carbocycles. The molecular weight excluding hydrogens is 284 g/mol. The maximum atomic E-state index is 12.5. The molecule has 2 N–H and O–H groups in total. The number of hydrazine groups is 1. The number of carbonyl (C=O) groups is 1. The summed E-state index contributed by atoms with van der Waals surface area (Å²) < 4.78 is 7.62. The highest BCUT2D eigenvalue weighted by Gasteiger charge is 2.31. The van der Waals surface area contributed by atoms with Gasteiger partial charge in [-0.3, -0.25) is 10.2 Å². The van der Waals surface area contributed by atoms with E-state index in [1.54, 1.807) is 0 Å². The second kappa shape index (κ2) is 5.94. The van der Waals surface area contributed by atoms with Crippen LogP contribution < -0.4 is 10.9 Å². The van der Waals surface area contributed by atoms with Gasteiger partial charge in [0, 0.05) is 19.7 Å². The summed E-state index contributed by atoms with van der Waals surface area (Å²) in [5, 5.41) is 8.41. The minimum atomic E-state index is -0.114. The molecule has 120 valence electrons. The molecule has 8 heteroatoms. The molecule has 1 saturated heterocycles. The number of nitrogens with zero attached hydrogens (tertiary/aromatic N) is 4. The molecule has 3 aliphatic rings. The highest BCUT2D eigenvalue weighted by Crippen LogP contribution is 2.29. The van der Waals surface area contributed by atoms with Gasteiger partial charge in [0.15, 0.2) is 0 Å². The van der Waals surface area contributed by atoms with Crippen molar-refractivity contribution < 1.29 is 9.53 Å². The van der Waals surface area contributed by atoms with Crippen LogP contribution in [0.2, 0.25) is 0 Å². The first-order chi connectivity index (χ1) is 10.8. The van der Waals surface area contributed by atoms with Gasteiger partial charge in [-0.15, -0.1) is 5.10 Å². The predicted octanol–water partition coefficient (Wildman–Crippen LogP) is -0.587. The summed E-state index contributed by atoms with van der Waals surface area (Å²) >= 11 is 0. The van der Waals surface area contributed by atoms with Crippen LogP contribution >= 0.6 is 0 Å². The number of hydrogen-bond acceptors (Lipinski definition) is 6. The van der Waals surface area contributed by atoms with Gasteiger partial charge in [0.1, 0.15) is 11.7 Å². The van der Waals surface area contributed by atoms with Crippen LogP contribution in [0, 0.1) is 5.92 Å². The third-order valence-electron chi connectivity index (χ3n) is 4.57. The Balaban J connectivity index is 1.39. The Bertz CT molecular complexity index is 550. The van der Waals surface area contributed by atoms with Crippen molar-refractivity contribution in [2.24, 2.45) is 5.92 Å². The molecule has 1 saturated carbocycles. The van der Waals surface area contributed by atoms with E-state index in [-0.39, 0.29) is 11.9 Å². The zero-order chi connectivity index (χ0) is 14.9. The summed E-state index contributed by atoms with van der Waals surface area (Å²) in [6, 6.07) is -0.114. The fourth-order valence-electron chi connectivity index (χ4n) is 2.99. The Morgan fingerprint density at radius 1 is 1.32 bits per heavy atom. The molecule has 1 unspecified atom stereocenters. The van der Waals surface area contributed by atoms with Crippen molar-refractivity contribution >= 4 is 5.91 Å². The zero-order valence-electron chi connectivity index (χ0n) is 12.6. The molecule has 0 bridgehead atoms. The van der Waals surface area contributed by atoms with Gasteiger partial charge in [0.05, 0.1) is 25.4 Å². The molecule has 1 aliphatic carbocycles. The molecule has 0 spiro atoms. The van der Waals surface area contributed by atoms with Gasteiger partial charge < -0.3 is 9.64 Å². The topological polar surface area (TPSA) is 84.3 Å². The Labute approximate surface area is 129 Å². The smallest absolute Gasteiger partial charge is 0.241 e. The fourth-order valence-corrected chi connectivity index (χ4v) is 2.99. The van der Waals surface area contributed by atoms with E-state index in [1.807, 2.05) is 9.58 Å². The Kier molecular flexibility index (Phi) is 3.81. The molecule has 0 radical (unpaired) electrons. The number of ether oxygens (including phenoxy) is 1. The standard InChI is InChI=1S/C14H22N6O2/c21-14(11-3-4-15-16-11)19-5-6-20-13(7-19)12(17-18-20)9-22-8-10-1-2-10/h10-11,15-16H,1-9H2. The van der Waals surface area contributed by atoms with Crippen LogP contribution in [0.25, 0.3) is 0 Å². The molecule has 1 aromatic heterocycles. The van der Waals surface area contributed by atoms with Crippen molar-refractivity contribution in [1.82, 2.24) is 30.7 Å². The van der Waals surface area contributed by atoms with Crippen molar-refractivity contribution in [2.75, 3.05) is 19.7 Å². The molecule has 1 aromatic rings. The van der Waals surface area contributed by atoms with Crippen molar-refractivity contribution in [3.8, 4) is 0 Å². The average Bonchev–Trinajstić information content (AvgIpc) is 3.05. The van der Waals surface area contributed by atoms with Crippen LogP contribution in [-0.4, -0.2) is 51.5 Å². The van der Waals surface area contributed by atoms with Gasteiger partial charge in [-0.2, -0.15) is 0 Å². The summed E-state index contributed by atoms with van der Waals surface area (Å²) in [5.74, 6) is 0.896. The van der Waals surface area contributed by atoms with Crippen LogP contribution in [0.1, 0.15) is 30.7 Å². The SMILES string of the molecule is O=C(C1CCNN1)N1CCn2nnc(COCC3CC3)c2C1. The molecule has 1 atom stereocenters. The van der Waals surface area contributed by atoms with E-state index in [9.17, 15) is 4.79 Å². The molecule has 2 fully saturated rings. The minimum absolute atomic E-state index is 0.114. The minimum Gasteiger partial charge on any atom is -0.375 e. The van der Waals surface area contributed by atoms with E-state index in [2.05, 4.69) is 21.2 Å². The van der Waals surface area contributed by atoms with E-state index in [4.69, 9.17) is 4.74 Å². The second-order valence-electron chi connectivity index (χ2n) is 6.34. The summed E-state index contributed by atoms with van der Waals surface area (Å²) in [6.45, 7) is 4.12. The maximum Gasteiger partial charge on any atom is 0.241 e. The van der Waals surface area contributed by atoms with Crippen LogP contribution in [0.5, 0.6) is 0 Å². The van der Waals surface area contributed by atoms with Gasteiger partial charge in [-0.05, 0) is 25.2 Å². The number of fused-ring (bicyclic) bond motifs is 1. The highest BCUT2D eigenvalue weighted by atomic mass is 16.5. The van der Waals surface area contributed by atoms with Crippen molar-refractivity contribution in [2.45, 2.75) is 45.0 Å². The fraction of sp³-hybridized carbons (Fsp3) is 0.786. The molecule has 2 aliphatic heterocycles. The number of aromatic nitrogens is 3. The van der Waals surface area contributed by atoms with E-state index in [0.29, 0.717) is 26.2 Å². The predicted molar refractivity (Wildman–Crippen MR) is 77.4 cm³/mol. The summed E-state index contributed by atoms with van der Waals surface area (Å²) in [5.41, 5.74) is 7.94. The molecule has 22 heavy (non-hydrogen) atoms. The van der Waals surface area contributed by atoms with E-state index in [1.165, 1.54) is 12.8 Å². The second-order valence-corrected chi connectivity index (χ2v) is 6.34. The zero-order valence-corrected chi connectivity index (χ0v) is 12.6. The Hall–Kier alpha value is -1.51. The number of nitrogens with one attached hydrogen (secondary N) is 2. The summed E-state index contributed by atoms with van der Waals surface area (Å²) in [4.78, 5) is 14.4. The van der Waals surface area contributed by atoms with E-state index >= 15 is 0 Å². The third-order valence-corrected chi connectivity index (χ3v) is 4.57. The molecule has 3 heterocycles. The molecule has 1 amide bonds. The number of carbonyl (C=O) groups excluding carboxylic acids is 1. The number of hydrogen-bond donors (Lipinski definition) is 2. The lowest BCUT2D eigenvalue weighted by atomic mass is 10.1. The van der Waals surface area contributed by atoms with Crippen molar-refractivity contribution in [3.05, 3.63) is 11.4 Å². The highest BCUT2D eigenvalue weighted by molar-refractivity contribution is 5.82. The van der Waals surface area contributed by atoms with Crippen molar-refractivity contribution in [3.63, 3.8) is 0 Å². The molecule has 8 nitrogen and oxygen atoms in total. The Morgan fingerprint density at radius 2 is 2.23 bits per heavy atom. The van der Waals surface area contributed by atoms with Crippen LogP contribution in [-0.2, 0) is 29.2 Å². The quantitative estimate of drug-likeness (QED) is 0.757. The largest absolute Gasteiger partial charge is 0.375 e. The number of rotatable bonds is 5. The van der Waals surface area contributed by atoms with Crippen LogP contribution in [0.4, 0.5) is 0 Å². The van der Waals surface area contributed by atoms with Gasteiger partial charge in [0.2, 0.25) is 5.91 Å². The van der Waals surface area contributed by atoms with Gasteiger partial charge in [-0.25, -0.2) is 10.1 Å². The lowest BCUT2D eigenvalue weighted by molar-refractivity contribution is -0.134. The molecular formula is C14H22N6O2. The first-order valence-electron chi connectivity index (χ1n) is 8.07. The normalized spacial score (nSPS) is 24.5. The maximum absolute atomic E-state index is 12.5. The van der Waals surface area contributed by atoms with E-state index in [0.717, 1.165) is 36.9 Å². The third kappa shape index (κ3) is 2.86. The summed E-state index contributed by atoms with van der Waals surface area (Å²) in [6.07, 6.45) is 3.40. The first-order valence-corrected chi connectivity index (χ1v) is 8.07. The average molecular weight is 306 g/mol. The lowest BCUT2D eigenvalue weighted by Crippen LogP contribution is -2.48. The summed E-state index contributed by atoms with van der Waals surface area (Å²) in [7, 11) is 0. The monoisotopic (exact) mass is 306 g/mol. The van der Waals surface area contributed by atoms with Gasteiger partial charge >= 0.3 is 0 Å². The van der Waals surface area contributed by atoms with E-state index < -0.39 is 0 Å². The van der Waals surface area contributed by atoms with Crippen LogP contribution in [0.3, 0.4) is 0 Å². The van der Waals surface area contributed by atoms with Crippen LogP contribution in [0.15, 0.2) is 0 Å².